The van der Waals surface area contributed by atoms with Gasteiger partial charge in [-0.15, -0.1) is 5.10 Å². The molecule has 0 bridgehead atoms. The Bertz CT molecular complexity index is 568. The van der Waals surface area contributed by atoms with E-state index in [9.17, 15) is 4.79 Å². The number of ether oxygens (including phenoxy) is 1. The van der Waals surface area contributed by atoms with Crippen LogP contribution in [0.5, 0.6) is 5.88 Å². The number of carbonyl (C=O) groups is 1. The topological polar surface area (TPSA) is 52.1 Å². The lowest BCUT2D eigenvalue weighted by Crippen LogP contribution is -2.24. The van der Waals surface area contributed by atoms with Gasteiger partial charge >= 0.3 is 0 Å². The first kappa shape index (κ1) is 11.1. The summed E-state index contributed by atoms with van der Waals surface area (Å²) in [7, 11) is 0. The molecule has 0 aliphatic heterocycles. The predicted molar refractivity (Wildman–Crippen MR) is 67.4 cm³/mol. The quantitative estimate of drug-likeness (QED) is 0.812. The lowest BCUT2D eigenvalue weighted by Gasteiger charge is -2.22. The van der Waals surface area contributed by atoms with Gasteiger partial charge in [0.15, 0.2) is 0 Å². The van der Waals surface area contributed by atoms with Gasteiger partial charge in [-0.05, 0) is 18.9 Å². The summed E-state index contributed by atoms with van der Waals surface area (Å²) in [6.07, 6.45) is 4.61. The number of hydrogen-bond donors (Lipinski definition) is 0. The van der Waals surface area contributed by atoms with Crippen LogP contribution in [0.2, 0.25) is 0 Å². The molecule has 1 saturated carbocycles. The number of carbonyl (C=O) groups excluding carboxylic acids is 1. The molecule has 92 valence electrons. The van der Waals surface area contributed by atoms with Crippen LogP contribution in [0.15, 0.2) is 30.5 Å². The Morgan fingerprint density at radius 3 is 2.78 bits per heavy atom. The van der Waals surface area contributed by atoms with E-state index in [-0.39, 0.29) is 6.10 Å². The highest BCUT2D eigenvalue weighted by Crippen LogP contribution is 2.26. The van der Waals surface area contributed by atoms with Crippen molar-refractivity contribution in [2.24, 2.45) is 0 Å². The third kappa shape index (κ3) is 2.18. The lowest BCUT2D eigenvalue weighted by molar-refractivity contribution is -0.121. The fraction of sp³-hybridized carbons (Fsp3) is 0.357. The minimum absolute atomic E-state index is 0.0859. The molecular weight excluding hydrogens is 228 g/mol. The zero-order valence-electron chi connectivity index (χ0n) is 10.0. The summed E-state index contributed by atoms with van der Waals surface area (Å²) >= 11 is 0. The fourth-order valence-electron chi connectivity index (χ4n) is 2.28. The Hall–Kier alpha value is -1.97. The highest BCUT2D eigenvalue weighted by Gasteiger charge is 2.21. The number of benzene rings is 1. The first-order valence-electron chi connectivity index (χ1n) is 6.22. The Kier molecular flexibility index (Phi) is 2.92. The van der Waals surface area contributed by atoms with Crippen LogP contribution in [0.4, 0.5) is 0 Å². The number of ketones is 1. The molecular formula is C14H14N2O2. The van der Waals surface area contributed by atoms with Crippen LogP contribution in [0.1, 0.15) is 25.7 Å². The van der Waals surface area contributed by atoms with Crippen molar-refractivity contribution in [3.8, 4) is 5.88 Å². The molecule has 1 fully saturated rings. The van der Waals surface area contributed by atoms with E-state index in [0.717, 1.165) is 23.6 Å². The molecule has 0 N–H and O–H groups in total. The van der Waals surface area contributed by atoms with Gasteiger partial charge < -0.3 is 4.74 Å². The maximum Gasteiger partial charge on any atom is 0.241 e. The van der Waals surface area contributed by atoms with E-state index in [2.05, 4.69) is 10.2 Å². The van der Waals surface area contributed by atoms with E-state index in [1.165, 1.54) is 0 Å². The molecule has 1 aliphatic carbocycles. The predicted octanol–water partition coefficient (Wildman–Crippen LogP) is 2.52. The van der Waals surface area contributed by atoms with E-state index in [1.54, 1.807) is 6.20 Å². The van der Waals surface area contributed by atoms with Gasteiger partial charge in [-0.25, -0.2) is 0 Å². The molecule has 1 aliphatic rings. The summed E-state index contributed by atoms with van der Waals surface area (Å²) in [5, 5.41) is 10.0. The van der Waals surface area contributed by atoms with Crippen molar-refractivity contribution >= 4 is 16.6 Å². The number of Topliss-reactive ketones (excluding diaryl/α,β-unsaturated/α-hetero) is 1. The second-order valence-electron chi connectivity index (χ2n) is 4.59. The van der Waals surface area contributed by atoms with Gasteiger partial charge in [0.1, 0.15) is 11.9 Å². The summed E-state index contributed by atoms with van der Waals surface area (Å²) in [5.74, 6) is 0.909. The van der Waals surface area contributed by atoms with E-state index in [4.69, 9.17) is 4.74 Å². The van der Waals surface area contributed by atoms with Crippen molar-refractivity contribution < 1.29 is 9.53 Å². The summed E-state index contributed by atoms with van der Waals surface area (Å²) in [4.78, 5) is 11.2. The van der Waals surface area contributed by atoms with Crippen LogP contribution in [0.3, 0.4) is 0 Å². The molecule has 0 radical (unpaired) electrons. The SMILES string of the molecule is O=C1CCC(Oc2nncc3ccccc23)CC1. The molecule has 3 rings (SSSR count). The average Bonchev–Trinajstić information content (AvgIpc) is 2.42. The van der Waals surface area contributed by atoms with Crippen molar-refractivity contribution in [3.63, 3.8) is 0 Å². The molecule has 2 aromatic rings. The van der Waals surface area contributed by atoms with Gasteiger partial charge in [0.2, 0.25) is 5.88 Å². The van der Waals surface area contributed by atoms with Crippen LogP contribution < -0.4 is 4.74 Å². The standard InChI is InChI=1S/C14H14N2O2/c17-11-5-7-12(8-6-11)18-14-13-4-2-1-3-10(13)9-15-16-14/h1-4,9,12H,5-8H2. The van der Waals surface area contributed by atoms with E-state index in [1.807, 2.05) is 24.3 Å². The molecule has 0 saturated heterocycles. The normalized spacial score (nSPS) is 17.0. The molecule has 1 aromatic heterocycles. The van der Waals surface area contributed by atoms with Crippen molar-refractivity contribution in [2.45, 2.75) is 31.8 Å². The Labute approximate surface area is 105 Å². The fourth-order valence-corrected chi connectivity index (χ4v) is 2.28. The number of rotatable bonds is 2. The Balaban J connectivity index is 1.84. The van der Waals surface area contributed by atoms with Crippen LogP contribution >= 0.6 is 0 Å². The van der Waals surface area contributed by atoms with Gasteiger partial charge in [0.25, 0.3) is 0 Å². The second-order valence-corrected chi connectivity index (χ2v) is 4.59. The van der Waals surface area contributed by atoms with E-state index < -0.39 is 0 Å². The summed E-state index contributed by atoms with van der Waals surface area (Å²) in [6.45, 7) is 0. The second kappa shape index (κ2) is 4.72. The van der Waals surface area contributed by atoms with Gasteiger partial charge in [-0.2, -0.15) is 5.10 Å². The summed E-state index contributed by atoms with van der Waals surface area (Å²) in [6, 6.07) is 7.89. The highest BCUT2D eigenvalue weighted by molar-refractivity contribution is 5.85. The molecule has 1 aromatic carbocycles. The lowest BCUT2D eigenvalue weighted by atomic mass is 9.96. The van der Waals surface area contributed by atoms with Crippen molar-refractivity contribution in [1.82, 2.24) is 10.2 Å². The summed E-state index contributed by atoms with van der Waals surface area (Å²) < 4.78 is 5.89. The molecule has 0 amide bonds. The average molecular weight is 242 g/mol. The monoisotopic (exact) mass is 242 g/mol. The molecule has 0 unspecified atom stereocenters. The smallest absolute Gasteiger partial charge is 0.241 e. The molecule has 4 heteroatoms. The first-order chi connectivity index (χ1) is 8.83. The first-order valence-corrected chi connectivity index (χ1v) is 6.22. The van der Waals surface area contributed by atoms with Gasteiger partial charge in [0.05, 0.1) is 6.20 Å². The number of nitrogens with zero attached hydrogens (tertiary/aromatic N) is 2. The molecule has 18 heavy (non-hydrogen) atoms. The maximum atomic E-state index is 11.2. The van der Waals surface area contributed by atoms with Crippen LogP contribution in [-0.4, -0.2) is 22.1 Å². The molecule has 0 atom stereocenters. The Morgan fingerprint density at radius 2 is 1.94 bits per heavy atom. The van der Waals surface area contributed by atoms with Gasteiger partial charge in [-0.1, -0.05) is 18.2 Å². The highest BCUT2D eigenvalue weighted by atomic mass is 16.5. The largest absolute Gasteiger partial charge is 0.473 e. The molecule has 4 nitrogen and oxygen atoms in total. The third-order valence-corrected chi connectivity index (χ3v) is 3.31. The van der Waals surface area contributed by atoms with Crippen LogP contribution in [0, 0.1) is 0 Å². The zero-order chi connectivity index (χ0) is 12.4. The molecule has 1 heterocycles. The number of fused-ring (bicyclic) bond motifs is 1. The van der Waals surface area contributed by atoms with Crippen molar-refractivity contribution in [2.75, 3.05) is 0 Å². The van der Waals surface area contributed by atoms with E-state index in [0.29, 0.717) is 24.5 Å². The van der Waals surface area contributed by atoms with Gasteiger partial charge in [-0.3, -0.25) is 4.79 Å². The van der Waals surface area contributed by atoms with E-state index >= 15 is 0 Å². The minimum atomic E-state index is 0.0859. The van der Waals surface area contributed by atoms with Crippen LogP contribution in [0.25, 0.3) is 10.8 Å². The van der Waals surface area contributed by atoms with Crippen molar-refractivity contribution in [3.05, 3.63) is 30.5 Å². The van der Waals surface area contributed by atoms with Crippen LogP contribution in [-0.2, 0) is 4.79 Å². The molecule has 0 spiro atoms. The minimum Gasteiger partial charge on any atom is -0.473 e. The van der Waals surface area contributed by atoms with Gasteiger partial charge in [0, 0.05) is 23.6 Å². The zero-order valence-corrected chi connectivity index (χ0v) is 10.0. The maximum absolute atomic E-state index is 11.2. The Morgan fingerprint density at radius 1 is 1.17 bits per heavy atom. The van der Waals surface area contributed by atoms with Crippen molar-refractivity contribution in [1.29, 1.82) is 0 Å². The number of hydrogen-bond acceptors (Lipinski definition) is 4. The third-order valence-electron chi connectivity index (χ3n) is 3.31. The summed E-state index contributed by atoms with van der Waals surface area (Å²) in [5.41, 5.74) is 0. The number of aromatic nitrogens is 2.